The van der Waals surface area contributed by atoms with Crippen molar-refractivity contribution in [1.82, 2.24) is 0 Å². The van der Waals surface area contributed by atoms with Crippen LogP contribution < -0.4 is 0 Å². The van der Waals surface area contributed by atoms with Crippen molar-refractivity contribution >= 4 is 0 Å². The monoisotopic (exact) mass is 90.0 g/mol. The molecule has 3 unspecified atom stereocenters. The van der Waals surface area contributed by atoms with Crippen LogP contribution in [0.5, 0.6) is 0 Å². The topological polar surface area (TPSA) is 0 Å². The average Bonchev–Trinajstić information content (AvgIpc) is 2.02. The lowest BCUT2D eigenvalue weighted by Crippen LogP contribution is -2.00. The van der Waals surface area contributed by atoms with Gasteiger partial charge in [-0.05, 0) is 35.8 Å². The summed E-state index contributed by atoms with van der Waals surface area (Å²) in [5.74, 6) is 3.12. The molecule has 2 saturated carbocycles. The van der Waals surface area contributed by atoms with Gasteiger partial charge in [0, 0.05) is 0 Å². The predicted molar refractivity (Wildman–Crippen MR) is 26.7 cm³/mol. The van der Waals surface area contributed by atoms with Gasteiger partial charge >= 0.3 is 0 Å². The number of hydrogen-bond acceptors (Lipinski definition) is 0. The van der Waals surface area contributed by atoms with Gasteiger partial charge < -0.3 is 0 Å². The largest absolute Gasteiger partial charge is 0.125 e. The highest BCUT2D eigenvalue weighted by molar-refractivity contribution is 5.39. The van der Waals surface area contributed by atoms with E-state index in [2.05, 4.69) is 11.8 Å². The van der Waals surface area contributed by atoms with E-state index >= 15 is 0 Å². The van der Waals surface area contributed by atoms with Crippen molar-refractivity contribution in [2.75, 3.05) is 0 Å². The number of hydrogen-bond donors (Lipinski definition) is 0. The van der Waals surface area contributed by atoms with Crippen LogP contribution in [0.1, 0.15) is 6.42 Å². The molecule has 3 aliphatic carbocycles. The van der Waals surface area contributed by atoms with Gasteiger partial charge in [0.25, 0.3) is 0 Å². The highest BCUT2D eigenvalue weighted by atomic mass is 14.6. The average molecular weight is 90.1 g/mol. The van der Waals surface area contributed by atoms with Crippen molar-refractivity contribution in [2.24, 2.45) is 17.8 Å². The summed E-state index contributed by atoms with van der Waals surface area (Å²) < 4.78 is 0. The molecule has 2 fully saturated rings. The summed E-state index contributed by atoms with van der Waals surface area (Å²) in [5.41, 5.74) is 4.90. The highest BCUT2D eigenvalue weighted by Gasteiger charge is 2.60. The summed E-state index contributed by atoms with van der Waals surface area (Å²) in [5, 5.41) is 0. The molecular weight excluding hydrogens is 84.1 g/mol. The molecule has 0 radical (unpaired) electrons. The van der Waals surface area contributed by atoms with E-state index in [4.69, 9.17) is 0 Å². The van der Waals surface area contributed by atoms with Crippen molar-refractivity contribution in [2.45, 2.75) is 6.42 Å². The zero-order valence-electron chi connectivity index (χ0n) is 4.02. The summed E-state index contributed by atoms with van der Waals surface area (Å²) in [4.78, 5) is 0. The van der Waals surface area contributed by atoms with E-state index < -0.39 is 0 Å². The molecule has 0 saturated heterocycles. The van der Waals surface area contributed by atoms with Crippen LogP contribution in [-0.2, 0) is 0 Å². The van der Waals surface area contributed by atoms with Crippen LogP contribution in [0, 0.1) is 17.8 Å². The standard InChI is InChI=1S/C7H6/c1-2-5-6-3-4(1)7(5)6/h2,5-7H,3H2. The molecule has 0 aromatic carbocycles. The van der Waals surface area contributed by atoms with Crippen molar-refractivity contribution in [3.63, 3.8) is 0 Å². The minimum Gasteiger partial charge on any atom is -0.125 e. The number of rotatable bonds is 0. The van der Waals surface area contributed by atoms with E-state index in [1.807, 2.05) is 0 Å². The van der Waals surface area contributed by atoms with Crippen LogP contribution in [0.2, 0.25) is 0 Å². The molecule has 34 valence electrons. The van der Waals surface area contributed by atoms with Gasteiger partial charge in [0.2, 0.25) is 0 Å². The summed E-state index contributed by atoms with van der Waals surface area (Å²) in [6.07, 6.45) is 3.65. The van der Waals surface area contributed by atoms with Crippen LogP contribution in [-0.4, -0.2) is 0 Å². The third-order valence-electron chi connectivity index (χ3n) is 2.55. The van der Waals surface area contributed by atoms with Gasteiger partial charge in [-0.1, -0.05) is 0 Å². The molecule has 0 spiro atoms. The molecule has 0 aromatic heterocycles. The van der Waals surface area contributed by atoms with Gasteiger partial charge in [0.1, 0.15) is 0 Å². The second kappa shape index (κ2) is 0.535. The molecule has 0 amide bonds. The lowest BCUT2D eigenvalue weighted by atomic mass is 9.93. The van der Waals surface area contributed by atoms with E-state index in [1.54, 1.807) is 5.57 Å². The Morgan fingerprint density at radius 3 is 2.86 bits per heavy atom. The maximum absolute atomic E-state index is 3.28. The fourth-order valence-corrected chi connectivity index (χ4v) is 1.97. The fourth-order valence-electron chi connectivity index (χ4n) is 1.97. The molecule has 0 N–H and O–H groups in total. The van der Waals surface area contributed by atoms with Gasteiger partial charge in [-0.25, -0.2) is 0 Å². The Kier molecular flexibility index (Phi) is 0.209. The summed E-state index contributed by atoms with van der Waals surface area (Å²) in [6, 6.07) is 0. The normalized spacial score (nSPS) is 58.3. The first kappa shape index (κ1) is 2.74. The van der Waals surface area contributed by atoms with Crippen LogP contribution in [0.3, 0.4) is 0 Å². The quantitative estimate of drug-likeness (QED) is 0.394. The molecule has 3 atom stereocenters. The Labute approximate surface area is 42.5 Å². The Bertz CT molecular complexity index is 190. The maximum atomic E-state index is 3.28. The van der Waals surface area contributed by atoms with Gasteiger partial charge in [-0.3, -0.25) is 0 Å². The summed E-state index contributed by atoms with van der Waals surface area (Å²) in [7, 11) is 0. The molecule has 0 bridgehead atoms. The molecule has 3 rings (SSSR count). The fraction of sp³-hybridized carbons (Fsp3) is 0.571. The number of fused-ring (bicyclic) bond motifs is 1. The Morgan fingerprint density at radius 2 is 2.71 bits per heavy atom. The molecule has 0 heterocycles. The van der Waals surface area contributed by atoms with Crippen molar-refractivity contribution < 1.29 is 0 Å². The van der Waals surface area contributed by atoms with E-state index in [0.29, 0.717) is 0 Å². The Balaban J connectivity index is 2.38. The van der Waals surface area contributed by atoms with Crippen molar-refractivity contribution in [1.29, 1.82) is 0 Å². The first-order valence-electron chi connectivity index (χ1n) is 2.92. The van der Waals surface area contributed by atoms with Gasteiger partial charge in [0.15, 0.2) is 0 Å². The zero-order valence-corrected chi connectivity index (χ0v) is 4.02. The molecule has 0 aliphatic heterocycles. The highest BCUT2D eigenvalue weighted by Crippen LogP contribution is 2.67. The lowest BCUT2D eigenvalue weighted by Gasteiger charge is -2.10. The molecule has 0 heteroatoms. The Hall–Kier alpha value is -0.480. The summed E-state index contributed by atoms with van der Waals surface area (Å²) >= 11 is 0. The zero-order chi connectivity index (χ0) is 4.43. The van der Waals surface area contributed by atoms with Crippen LogP contribution >= 0.6 is 0 Å². The van der Waals surface area contributed by atoms with Gasteiger partial charge in [0.05, 0.1) is 0 Å². The first-order valence-corrected chi connectivity index (χ1v) is 2.92. The minimum absolute atomic E-state index is 0.981. The smallest absolute Gasteiger partial charge is 0.00174 e. The van der Waals surface area contributed by atoms with E-state index in [0.717, 1.165) is 17.8 Å². The molecule has 7 heavy (non-hydrogen) atoms. The maximum Gasteiger partial charge on any atom is -0.00174 e. The SMILES string of the molecule is C1=CC2C3CC=1C23. The van der Waals surface area contributed by atoms with Gasteiger partial charge in [-0.15, -0.1) is 5.73 Å². The van der Waals surface area contributed by atoms with E-state index in [9.17, 15) is 0 Å². The third kappa shape index (κ3) is 0.135. The molecule has 3 aliphatic rings. The Morgan fingerprint density at radius 1 is 1.71 bits per heavy atom. The molecule has 0 nitrogen and oxygen atoms in total. The van der Waals surface area contributed by atoms with Crippen molar-refractivity contribution in [3.05, 3.63) is 17.4 Å². The van der Waals surface area contributed by atoms with Gasteiger partial charge in [-0.2, -0.15) is 0 Å². The van der Waals surface area contributed by atoms with Crippen molar-refractivity contribution in [3.8, 4) is 0 Å². The lowest BCUT2D eigenvalue weighted by molar-refractivity contribution is 0.617. The third-order valence-corrected chi connectivity index (χ3v) is 2.55. The predicted octanol–water partition coefficient (Wildman–Crippen LogP) is 1.35. The van der Waals surface area contributed by atoms with E-state index in [-0.39, 0.29) is 0 Å². The second-order valence-corrected chi connectivity index (χ2v) is 2.81. The first-order chi connectivity index (χ1) is 3.47. The van der Waals surface area contributed by atoms with Crippen LogP contribution in [0.4, 0.5) is 0 Å². The number of allylic oxidation sites excluding steroid dienone is 1. The second-order valence-electron chi connectivity index (χ2n) is 2.81. The van der Waals surface area contributed by atoms with Crippen LogP contribution in [0.25, 0.3) is 0 Å². The molecule has 0 aromatic rings. The molecular formula is C7H6. The van der Waals surface area contributed by atoms with Crippen LogP contribution in [0.15, 0.2) is 17.4 Å². The minimum atomic E-state index is 0.981. The van der Waals surface area contributed by atoms with E-state index in [1.165, 1.54) is 6.42 Å². The summed E-state index contributed by atoms with van der Waals surface area (Å²) in [6.45, 7) is 0.